The quantitative estimate of drug-likeness (QED) is 0.527. The molecule has 0 amide bonds. The lowest BCUT2D eigenvalue weighted by molar-refractivity contribution is 1.65. The summed E-state index contributed by atoms with van der Waals surface area (Å²) in [5.74, 6) is 3.28. The van der Waals surface area contributed by atoms with Crippen LogP contribution in [0.1, 0.15) is 5.56 Å². The van der Waals surface area contributed by atoms with E-state index >= 15 is 0 Å². The van der Waals surface area contributed by atoms with Crippen molar-refractivity contribution in [3.63, 3.8) is 0 Å². The molecule has 0 aliphatic heterocycles. The van der Waals surface area contributed by atoms with Gasteiger partial charge in [-0.05, 0) is 30.2 Å². The van der Waals surface area contributed by atoms with Gasteiger partial charge >= 0.3 is 0 Å². The first-order valence-corrected chi connectivity index (χ1v) is 8.35. The number of rotatable bonds is 1. The summed E-state index contributed by atoms with van der Waals surface area (Å²) in [7, 11) is -1.32. The van der Waals surface area contributed by atoms with E-state index in [9.17, 15) is 0 Å². The average molecular weight is 239 g/mol. The van der Waals surface area contributed by atoms with Crippen molar-refractivity contribution in [1.82, 2.24) is 0 Å². The van der Waals surface area contributed by atoms with Crippen LogP contribution in [0.4, 0.5) is 0 Å². The van der Waals surface area contributed by atoms with Gasteiger partial charge in [0.2, 0.25) is 0 Å². The highest BCUT2D eigenvalue weighted by molar-refractivity contribution is 7.86. The maximum absolute atomic E-state index is 3.45. The van der Waals surface area contributed by atoms with Crippen molar-refractivity contribution < 1.29 is 0 Å². The van der Waals surface area contributed by atoms with Gasteiger partial charge in [-0.1, -0.05) is 36.4 Å². The molecule has 0 spiro atoms. The normalized spacial score (nSPS) is 10.5. The van der Waals surface area contributed by atoms with Crippen molar-refractivity contribution in [2.75, 3.05) is 13.3 Å². The molecule has 1 heteroatoms. The first-order chi connectivity index (χ1) is 8.18. The van der Waals surface area contributed by atoms with E-state index in [4.69, 9.17) is 0 Å². The van der Waals surface area contributed by atoms with Crippen LogP contribution in [0.3, 0.4) is 0 Å². The second kappa shape index (κ2) is 5.17. The smallest absolute Gasteiger partial charge is 0.0622 e. The minimum atomic E-state index is -1.32. The lowest BCUT2D eigenvalue weighted by Crippen LogP contribution is -2.06. The fraction of sp³-hybridized carbons (Fsp3) is 0.125. The standard InChI is InChI=1S/C16H16P/c1-17(2,16-11-7-4-8-12-16)14-13-15-9-5-3-6-10-15/h3-12H,1-2H3/q+1. The van der Waals surface area contributed by atoms with Crippen LogP contribution in [0.5, 0.6) is 0 Å². The number of hydrogen-bond acceptors (Lipinski definition) is 0. The second-order valence-electron chi connectivity index (χ2n) is 4.39. The molecule has 0 bridgehead atoms. The van der Waals surface area contributed by atoms with E-state index in [2.05, 4.69) is 61.3 Å². The van der Waals surface area contributed by atoms with Crippen LogP contribution in [-0.2, 0) is 0 Å². The van der Waals surface area contributed by atoms with Crippen LogP contribution in [-0.4, -0.2) is 13.3 Å². The molecule has 0 aromatic heterocycles. The summed E-state index contributed by atoms with van der Waals surface area (Å²) < 4.78 is 0. The molecule has 0 N–H and O–H groups in total. The molecule has 0 aliphatic rings. The average Bonchev–Trinajstić information content (AvgIpc) is 2.39. The molecule has 17 heavy (non-hydrogen) atoms. The predicted octanol–water partition coefficient (Wildman–Crippen LogP) is 3.60. The van der Waals surface area contributed by atoms with Crippen molar-refractivity contribution in [2.45, 2.75) is 0 Å². The summed E-state index contributed by atoms with van der Waals surface area (Å²) in [6.07, 6.45) is 0. The fourth-order valence-corrected chi connectivity index (χ4v) is 3.05. The zero-order chi connectivity index (χ0) is 12.1. The molecule has 84 valence electrons. The van der Waals surface area contributed by atoms with Gasteiger partial charge in [0.15, 0.2) is 0 Å². The van der Waals surface area contributed by atoms with Crippen molar-refractivity contribution in [2.24, 2.45) is 0 Å². The van der Waals surface area contributed by atoms with E-state index in [0.717, 1.165) is 5.56 Å². The highest BCUT2D eigenvalue weighted by atomic mass is 31.2. The molecule has 0 fully saturated rings. The molecule has 0 radical (unpaired) electrons. The molecule has 0 unspecified atom stereocenters. The fourth-order valence-electron chi connectivity index (χ4n) is 1.59. The maximum atomic E-state index is 3.45. The SMILES string of the molecule is C[P+](C)(C#Cc1ccccc1)c1ccccc1. The van der Waals surface area contributed by atoms with Gasteiger partial charge in [0, 0.05) is 5.56 Å². The Morgan fingerprint density at radius 2 is 1.29 bits per heavy atom. The van der Waals surface area contributed by atoms with Gasteiger partial charge in [-0.2, -0.15) is 0 Å². The summed E-state index contributed by atoms with van der Waals surface area (Å²) in [6, 6.07) is 20.7. The first-order valence-electron chi connectivity index (χ1n) is 5.66. The van der Waals surface area contributed by atoms with Gasteiger partial charge in [0.25, 0.3) is 0 Å². The molecule has 0 atom stereocenters. The summed E-state index contributed by atoms with van der Waals surface area (Å²) in [6.45, 7) is 4.52. The third kappa shape index (κ3) is 3.19. The van der Waals surface area contributed by atoms with Crippen LogP contribution in [0.2, 0.25) is 0 Å². The van der Waals surface area contributed by atoms with Crippen LogP contribution in [0, 0.1) is 11.6 Å². The van der Waals surface area contributed by atoms with Gasteiger partial charge in [0.1, 0.15) is 12.6 Å². The Bertz CT molecular complexity index is 530. The maximum Gasteiger partial charge on any atom is 0.119 e. The Balaban J connectivity index is 2.27. The largest absolute Gasteiger partial charge is 0.119 e. The van der Waals surface area contributed by atoms with Crippen LogP contribution >= 0.6 is 7.26 Å². The Morgan fingerprint density at radius 3 is 1.88 bits per heavy atom. The monoisotopic (exact) mass is 239 g/mol. The summed E-state index contributed by atoms with van der Waals surface area (Å²) >= 11 is 0. The molecule has 0 saturated heterocycles. The first kappa shape index (κ1) is 11.9. The molecule has 0 nitrogen and oxygen atoms in total. The zero-order valence-corrected chi connectivity index (χ0v) is 11.1. The van der Waals surface area contributed by atoms with Crippen molar-refractivity contribution in [1.29, 1.82) is 0 Å². The van der Waals surface area contributed by atoms with Crippen LogP contribution < -0.4 is 5.30 Å². The zero-order valence-electron chi connectivity index (χ0n) is 10.2. The van der Waals surface area contributed by atoms with Crippen LogP contribution in [0.15, 0.2) is 60.7 Å². The van der Waals surface area contributed by atoms with E-state index in [1.807, 2.05) is 24.3 Å². The molecule has 0 heterocycles. The van der Waals surface area contributed by atoms with Gasteiger partial charge in [-0.15, -0.1) is 0 Å². The summed E-state index contributed by atoms with van der Waals surface area (Å²) in [4.78, 5) is 0. The Kier molecular flexibility index (Phi) is 3.62. The van der Waals surface area contributed by atoms with Gasteiger partial charge < -0.3 is 0 Å². The molecule has 2 rings (SSSR count). The third-order valence-corrected chi connectivity index (χ3v) is 4.92. The van der Waals surface area contributed by atoms with E-state index in [1.54, 1.807) is 0 Å². The Labute approximate surface area is 104 Å². The van der Waals surface area contributed by atoms with Crippen LogP contribution in [0.25, 0.3) is 0 Å². The van der Waals surface area contributed by atoms with Crippen molar-refractivity contribution in [3.05, 3.63) is 66.2 Å². The Hall–Kier alpha value is -1.57. The second-order valence-corrected chi connectivity index (χ2v) is 8.04. The van der Waals surface area contributed by atoms with E-state index in [0.29, 0.717) is 0 Å². The highest BCUT2D eigenvalue weighted by Gasteiger charge is 2.25. The molecule has 2 aromatic carbocycles. The third-order valence-electron chi connectivity index (χ3n) is 2.66. The lowest BCUT2D eigenvalue weighted by Gasteiger charge is -2.08. The molecule has 2 aromatic rings. The molecular formula is C16H16P+. The van der Waals surface area contributed by atoms with Gasteiger partial charge in [-0.3, -0.25) is 0 Å². The minimum Gasteiger partial charge on any atom is -0.0622 e. The van der Waals surface area contributed by atoms with Crippen molar-refractivity contribution >= 4 is 12.6 Å². The minimum absolute atomic E-state index is 1.09. The van der Waals surface area contributed by atoms with Gasteiger partial charge in [0.05, 0.1) is 19.0 Å². The summed E-state index contributed by atoms with van der Waals surface area (Å²) in [5, 5.41) is 1.36. The number of hydrogen-bond donors (Lipinski definition) is 0. The van der Waals surface area contributed by atoms with Gasteiger partial charge in [-0.25, -0.2) is 0 Å². The summed E-state index contributed by atoms with van der Waals surface area (Å²) in [5.41, 5.74) is 4.55. The lowest BCUT2D eigenvalue weighted by atomic mass is 10.2. The van der Waals surface area contributed by atoms with E-state index < -0.39 is 7.26 Å². The molecular weight excluding hydrogens is 223 g/mol. The van der Waals surface area contributed by atoms with E-state index in [-0.39, 0.29) is 0 Å². The Morgan fingerprint density at radius 1 is 0.765 bits per heavy atom. The molecule has 0 aliphatic carbocycles. The predicted molar refractivity (Wildman–Crippen MR) is 78.2 cm³/mol. The highest BCUT2D eigenvalue weighted by Crippen LogP contribution is 2.48. The van der Waals surface area contributed by atoms with Crippen molar-refractivity contribution in [3.8, 4) is 11.6 Å². The van der Waals surface area contributed by atoms with E-state index in [1.165, 1.54) is 5.30 Å². The topological polar surface area (TPSA) is 0 Å². The molecule has 0 saturated carbocycles. The number of benzene rings is 2.